The van der Waals surface area contributed by atoms with Gasteiger partial charge in [0.15, 0.2) is 0 Å². The molecule has 114 valence electrons. The maximum Gasteiger partial charge on any atom is 0.0738 e. The first-order valence-corrected chi connectivity index (χ1v) is 8.56. The second-order valence-electron chi connectivity index (χ2n) is 4.79. The second-order valence-corrected chi connectivity index (χ2v) is 6.93. The molecule has 2 aromatic rings. The molecule has 1 unspecified atom stereocenters. The number of benzene rings is 1. The topological polar surface area (TPSA) is 55.9 Å². The lowest BCUT2D eigenvalue weighted by atomic mass is 10.0. The van der Waals surface area contributed by atoms with Crippen molar-refractivity contribution in [2.24, 2.45) is 5.84 Å². The van der Waals surface area contributed by atoms with Gasteiger partial charge >= 0.3 is 0 Å². The van der Waals surface area contributed by atoms with Gasteiger partial charge in [0.25, 0.3) is 0 Å². The van der Waals surface area contributed by atoms with Crippen molar-refractivity contribution in [3.8, 4) is 0 Å². The summed E-state index contributed by atoms with van der Waals surface area (Å²) in [5.74, 6) is 5.75. The van der Waals surface area contributed by atoms with Gasteiger partial charge in [-0.3, -0.25) is 16.0 Å². The van der Waals surface area contributed by atoms with Gasteiger partial charge in [0.2, 0.25) is 0 Å². The smallest absolute Gasteiger partial charge is 0.0738 e. The van der Waals surface area contributed by atoms with Crippen LogP contribution in [0.15, 0.2) is 27.1 Å². The van der Waals surface area contributed by atoms with E-state index in [0.29, 0.717) is 5.02 Å². The fourth-order valence-electron chi connectivity index (χ4n) is 2.31. The minimum absolute atomic E-state index is 0.0438. The zero-order chi connectivity index (χ0) is 15.6. The number of halogens is 3. The van der Waals surface area contributed by atoms with Crippen LogP contribution in [0.3, 0.4) is 0 Å². The molecule has 1 atom stereocenters. The quantitative estimate of drug-likeness (QED) is 0.547. The molecule has 0 bridgehead atoms. The van der Waals surface area contributed by atoms with E-state index in [-0.39, 0.29) is 6.04 Å². The van der Waals surface area contributed by atoms with Gasteiger partial charge in [-0.25, -0.2) is 0 Å². The van der Waals surface area contributed by atoms with Gasteiger partial charge in [0.1, 0.15) is 0 Å². The largest absolute Gasteiger partial charge is 0.271 e. The molecule has 7 heteroatoms. The molecule has 0 aliphatic rings. The van der Waals surface area contributed by atoms with Crippen LogP contribution in [0, 0.1) is 6.92 Å². The zero-order valence-electron chi connectivity index (χ0n) is 11.8. The Kier molecular flexibility index (Phi) is 5.85. The van der Waals surface area contributed by atoms with Crippen LogP contribution in [0.25, 0.3) is 0 Å². The van der Waals surface area contributed by atoms with Crippen molar-refractivity contribution in [2.75, 3.05) is 0 Å². The Morgan fingerprint density at radius 1 is 1.38 bits per heavy atom. The lowest BCUT2D eigenvalue weighted by Gasteiger charge is -2.18. The molecule has 21 heavy (non-hydrogen) atoms. The van der Waals surface area contributed by atoms with Crippen molar-refractivity contribution in [2.45, 2.75) is 32.9 Å². The van der Waals surface area contributed by atoms with Crippen molar-refractivity contribution in [3.63, 3.8) is 0 Å². The van der Waals surface area contributed by atoms with Crippen LogP contribution in [0.5, 0.6) is 0 Å². The summed E-state index contributed by atoms with van der Waals surface area (Å²) in [5.41, 5.74) is 6.00. The van der Waals surface area contributed by atoms with Gasteiger partial charge in [-0.2, -0.15) is 5.10 Å². The monoisotopic (exact) mass is 434 g/mol. The molecule has 0 aliphatic carbocycles. The Morgan fingerprint density at radius 2 is 2.10 bits per heavy atom. The molecule has 0 saturated heterocycles. The van der Waals surface area contributed by atoms with E-state index in [1.54, 1.807) is 0 Å². The summed E-state index contributed by atoms with van der Waals surface area (Å²) in [6.45, 7) is 4.88. The number of rotatable bonds is 5. The molecule has 3 N–H and O–H groups in total. The molecule has 0 saturated carbocycles. The maximum absolute atomic E-state index is 6.12. The normalized spacial score (nSPS) is 12.7. The molecular weight excluding hydrogens is 419 g/mol. The van der Waals surface area contributed by atoms with Crippen molar-refractivity contribution in [1.82, 2.24) is 15.2 Å². The van der Waals surface area contributed by atoms with Crippen LogP contribution in [0.2, 0.25) is 5.02 Å². The van der Waals surface area contributed by atoms with Crippen molar-refractivity contribution in [3.05, 3.63) is 49.1 Å². The SMILES string of the molecule is CCn1nc(C)c(Br)c1CC(NN)c1cc(Cl)cc(Br)c1. The zero-order valence-corrected chi connectivity index (χ0v) is 15.8. The van der Waals surface area contributed by atoms with E-state index in [9.17, 15) is 0 Å². The average molecular weight is 437 g/mol. The Bertz CT molecular complexity index is 622. The number of hydrogen-bond acceptors (Lipinski definition) is 3. The molecule has 1 aromatic heterocycles. The molecule has 0 radical (unpaired) electrons. The lowest BCUT2D eigenvalue weighted by Crippen LogP contribution is -2.30. The number of aryl methyl sites for hydroxylation is 2. The highest BCUT2D eigenvalue weighted by atomic mass is 79.9. The van der Waals surface area contributed by atoms with Gasteiger partial charge in [0.05, 0.1) is 21.9 Å². The molecule has 0 fully saturated rings. The number of nitrogens with one attached hydrogen (secondary N) is 1. The van der Waals surface area contributed by atoms with Gasteiger partial charge < -0.3 is 0 Å². The number of nitrogens with two attached hydrogens (primary N) is 1. The number of hydrazine groups is 1. The number of hydrogen-bond donors (Lipinski definition) is 2. The van der Waals surface area contributed by atoms with Crippen LogP contribution >= 0.6 is 43.5 Å². The molecule has 0 aliphatic heterocycles. The summed E-state index contributed by atoms with van der Waals surface area (Å²) >= 11 is 13.2. The summed E-state index contributed by atoms with van der Waals surface area (Å²) in [6, 6.07) is 5.75. The Balaban J connectivity index is 2.35. The van der Waals surface area contributed by atoms with Crippen molar-refractivity contribution < 1.29 is 0 Å². The Hall–Kier alpha value is -0.400. The Labute approximate surface area is 146 Å². The molecule has 0 spiro atoms. The molecule has 4 nitrogen and oxygen atoms in total. The van der Waals surface area contributed by atoms with E-state index in [4.69, 9.17) is 17.4 Å². The van der Waals surface area contributed by atoms with Gasteiger partial charge in [-0.15, -0.1) is 0 Å². The Morgan fingerprint density at radius 3 is 2.67 bits per heavy atom. The summed E-state index contributed by atoms with van der Waals surface area (Å²) in [5, 5.41) is 5.19. The predicted octanol–water partition coefficient (Wildman–Crippen LogP) is 4.14. The number of aromatic nitrogens is 2. The molecule has 1 aromatic carbocycles. The summed E-state index contributed by atoms with van der Waals surface area (Å²) in [6.07, 6.45) is 0.721. The van der Waals surface area contributed by atoms with Crippen LogP contribution in [0.1, 0.15) is 29.9 Å². The van der Waals surface area contributed by atoms with E-state index in [2.05, 4.69) is 49.3 Å². The van der Waals surface area contributed by atoms with Crippen LogP contribution < -0.4 is 11.3 Å². The standard InChI is InChI=1S/C14H17Br2ClN4/c1-3-21-13(14(16)8(2)20-21)7-12(19-18)9-4-10(15)6-11(17)5-9/h4-6,12,19H,3,7,18H2,1-2H3. The van der Waals surface area contributed by atoms with Gasteiger partial charge in [-0.1, -0.05) is 27.5 Å². The third-order valence-electron chi connectivity index (χ3n) is 3.34. The van der Waals surface area contributed by atoms with E-state index >= 15 is 0 Å². The van der Waals surface area contributed by atoms with E-state index in [0.717, 1.165) is 38.9 Å². The van der Waals surface area contributed by atoms with Crippen molar-refractivity contribution in [1.29, 1.82) is 0 Å². The molecule has 2 rings (SSSR count). The lowest BCUT2D eigenvalue weighted by molar-refractivity contribution is 0.516. The molecule has 1 heterocycles. The molecular formula is C14H17Br2ClN4. The maximum atomic E-state index is 6.12. The van der Waals surface area contributed by atoms with Crippen LogP contribution in [-0.4, -0.2) is 9.78 Å². The third kappa shape index (κ3) is 3.87. The number of nitrogens with zero attached hydrogens (tertiary/aromatic N) is 2. The highest BCUT2D eigenvalue weighted by Gasteiger charge is 2.19. The minimum atomic E-state index is -0.0438. The van der Waals surface area contributed by atoms with E-state index < -0.39 is 0 Å². The van der Waals surface area contributed by atoms with Gasteiger partial charge in [0, 0.05) is 22.5 Å². The first-order chi connectivity index (χ1) is 9.96. The first-order valence-electron chi connectivity index (χ1n) is 6.60. The molecule has 0 amide bonds. The highest BCUT2D eigenvalue weighted by molar-refractivity contribution is 9.10. The summed E-state index contributed by atoms with van der Waals surface area (Å²) < 4.78 is 3.96. The summed E-state index contributed by atoms with van der Waals surface area (Å²) in [7, 11) is 0. The highest BCUT2D eigenvalue weighted by Crippen LogP contribution is 2.29. The summed E-state index contributed by atoms with van der Waals surface area (Å²) in [4.78, 5) is 0. The van der Waals surface area contributed by atoms with E-state index in [1.165, 1.54) is 0 Å². The van der Waals surface area contributed by atoms with Gasteiger partial charge in [-0.05, 0) is 53.5 Å². The third-order valence-corrected chi connectivity index (χ3v) is 5.05. The minimum Gasteiger partial charge on any atom is -0.271 e. The first kappa shape index (κ1) is 17.0. The fraction of sp³-hybridized carbons (Fsp3) is 0.357. The predicted molar refractivity (Wildman–Crippen MR) is 93.3 cm³/mol. The second kappa shape index (κ2) is 7.24. The van der Waals surface area contributed by atoms with Crippen LogP contribution in [0.4, 0.5) is 0 Å². The average Bonchev–Trinajstić information content (AvgIpc) is 2.70. The van der Waals surface area contributed by atoms with E-state index in [1.807, 2.05) is 29.8 Å². The fourth-order valence-corrected chi connectivity index (χ4v) is 3.64. The van der Waals surface area contributed by atoms with Crippen LogP contribution in [-0.2, 0) is 13.0 Å². The van der Waals surface area contributed by atoms with Crippen molar-refractivity contribution >= 4 is 43.5 Å².